The van der Waals surface area contributed by atoms with Crippen molar-refractivity contribution < 1.29 is 4.79 Å². The molecule has 37 heavy (non-hydrogen) atoms. The lowest BCUT2D eigenvalue weighted by molar-refractivity contribution is 0.0781. The van der Waals surface area contributed by atoms with E-state index in [2.05, 4.69) is 27.2 Å². The Morgan fingerprint density at radius 1 is 1.03 bits per heavy atom. The van der Waals surface area contributed by atoms with Gasteiger partial charge in [0.15, 0.2) is 5.82 Å². The Hall–Kier alpha value is -3.85. The van der Waals surface area contributed by atoms with Crippen LogP contribution in [0.15, 0.2) is 36.5 Å². The van der Waals surface area contributed by atoms with E-state index in [1.54, 1.807) is 11.9 Å². The molecule has 0 aliphatic heterocycles. The van der Waals surface area contributed by atoms with Crippen molar-refractivity contribution in [2.75, 3.05) is 39.5 Å². The minimum Gasteiger partial charge on any atom is -0.369 e. The Kier molecular flexibility index (Phi) is 7.83. The number of aromatic nitrogens is 5. The highest BCUT2D eigenvalue weighted by Gasteiger charge is 2.21. The number of carbonyl (C=O) groups excluding carboxylic acids is 1. The number of aryl methyl sites for hydroxylation is 3. The van der Waals surface area contributed by atoms with Crippen LogP contribution in [-0.2, 0) is 13.1 Å². The van der Waals surface area contributed by atoms with Gasteiger partial charge in [-0.15, -0.1) is 0 Å². The monoisotopic (exact) mass is 500 g/mol. The third kappa shape index (κ3) is 5.94. The van der Waals surface area contributed by atoms with Crippen LogP contribution in [0.25, 0.3) is 22.3 Å². The fraction of sp³-hybridized carbons (Fsp3) is 0.393. The first kappa shape index (κ1) is 26.2. The normalized spacial score (nSPS) is 11.4. The van der Waals surface area contributed by atoms with Gasteiger partial charge in [0, 0.05) is 61.1 Å². The molecule has 1 amide bonds. The van der Waals surface area contributed by atoms with Gasteiger partial charge >= 0.3 is 0 Å². The maximum absolute atomic E-state index is 13.8. The van der Waals surface area contributed by atoms with Crippen LogP contribution in [0.3, 0.4) is 0 Å². The molecule has 1 aromatic carbocycles. The molecule has 4 rings (SSSR count). The molecule has 3 aromatic heterocycles. The van der Waals surface area contributed by atoms with E-state index in [0.29, 0.717) is 18.1 Å². The molecule has 0 radical (unpaired) electrons. The summed E-state index contributed by atoms with van der Waals surface area (Å²) >= 11 is 0. The second kappa shape index (κ2) is 11.0. The molecule has 9 nitrogen and oxygen atoms in total. The Balaban J connectivity index is 1.72. The number of nitrogens with zero attached hydrogens (tertiary/aromatic N) is 7. The van der Waals surface area contributed by atoms with Crippen molar-refractivity contribution in [3.05, 3.63) is 64.7 Å². The zero-order valence-corrected chi connectivity index (χ0v) is 22.8. The van der Waals surface area contributed by atoms with Crippen molar-refractivity contribution in [2.24, 2.45) is 0 Å². The smallest absolute Gasteiger partial charge is 0.273 e. The zero-order chi connectivity index (χ0) is 26.7. The summed E-state index contributed by atoms with van der Waals surface area (Å²) in [5.41, 5.74) is 5.93. The van der Waals surface area contributed by atoms with E-state index in [1.165, 1.54) is 0 Å². The number of pyridine rings is 1. The first-order valence-corrected chi connectivity index (χ1v) is 12.6. The highest BCUT2D eigenvalue weighted by atomic mass is 16.2. The van der Waals surface area contributed by atoms with E-state index >= 15 is 0 Å². The third-order valence-corrected chi connectivity index (χ3v) is 6.39. The average molecular weight is 501 g/mol. The molecular formula is C28H36N8O. The topological polar surface area (TPSA) is 92.1 Å². The quantitative estimate of drug-likeness (QED) is 0.370. The second-order valence-corrected chi connectivity index (χ2v) is 9.76. The number of likely N-dealkylation sites (N-methyl/N-ethyl adjacent to an activating group) is 1. The van der Waals surface area contributed by atoms with E-state index in [0.717, 1.165) is 64.4 Å². The van der Waals surface area contributed by atoms with Crippen molar-refractivity contribution in [3.63, 3.8) is 0 Å². The van der Waals surface area contributed by atoms with Crippen LogP contribution in [-0.4, -0.2) is 74.7 Å². The average Bonchev–Trinajstić information content (AvgIpc) is 3.21. The number of rotatable bonds is 9. The van der Waals surface area contributed by atoms with Crippen molar-refractivity contribution in [1.82, 2.24) is 34.5 Å². The van der Waals surface area contributed by atoms with Gasteiger partial charge in [-0.1, -0.05) is 11.6 Å². The van der Waals surface area contributed by atoms with E-state index in [-0.39, 0.29) is 5.91 Å². The van der Waals surface area contributed by atoms with Crippen LogP contribution in [0, 0.1) is 20.8 Å². The van der Waals surface area contributed by atoms with Crippen molar-refractivity contribution in [1.29, 1.82) is 0 Å². The molecule has 0 bridgehead atoms. The number of hydrogen-bond donors (Lipinski definition) is 1. The van der Waals surface area contributed by atoms with E-state index in [9.17, 15) is 4.79 Å². The number of benzene rings is 1. The van der Waals surface area contributed by atoms with Crippen LogP contribution in [0.1, 0.15) is 39.9 Å². The van der Waals surface area contributed by atoms with E-state index in [4.69, 9.17) is 9.97 Å². The Bertz CT molecular complexity index is 1430. The lowest BCUT2D eigenvalue weighted by Gasteiger charge is -2.18. The number of carbonyl (C=O) groups is 1. The maximum Gasteiger partial charge on any atom is 0.273 e. The van der Waals surface area contributed by atoms with Gasteiger partial charge in [-0.2, -0.15) is 5.10 Å². The summed E-state index contributed by atoms with van der Waals surface area (Å²) in [5.74, 6) is 1.11. The van der Waals surface area contributed by atoms with Gasteiger partial charge in [0.25, 0.3) is 5.91 Å². The predicted molar refractivity (Wildman–Crippen MR) is 148 cm³/mol. The molecule has 0 fully saturated rings. The van der Waals surface area contributed by atoms with Crippen LogP contribution in [0.4, 0.5) is 5.82 Å². The molecule has 0 spiro atoms. The van der Waals surface area contributed by atoms with E-state index < -0.39 is 0 Å². The molecule has 4 aromatic rings. The Morgan fingerprint density at radius 3 is 2.51 bits per heavy atom. The van der Waals surface area contributed by atoms with Gasteiger partial charge in [-0.05, 0) is 66.1 Å². The minimum atomic E-state index is -0.155. The number of fused-ring (bicyclic) bond motifs is 1. The Morgan fingerprint density at radius 2 is 1.81 bits per heavy atom. The summed E-state index contributed by atoms with van der Waals surface area (Å²) in [6, 6.07) is 9.83. The lowest BCUT2D eigenvalue weighted by Crippen LogP contribution is -2.28. The molecular weight excluding hydrogens is 464 g/mol. The molecule has 0 aliphatic rings. The minimum absolute atomic E-state index is 0.155. The molecule has 3 heterocycles. The summed E-state index contributed by atoms with van der Waals surface area (Å²) in [5, 5.41) is 8.54. The molecule has 9 heteroatoms. The van der Waals surface area contributed by atoms with Crippen molar-refractivity contribution in [2.45, 2.75) is 40.8 Å². The number of anilines is 1. The number of amides is 1. The predicted octanol–water partition coefficient (Wildman–Crippen LogP) is 4.08. The molecule has 0 atom stereocenters. The number of nitrogens with one attached hydrogen (secondary N) is 1. The van der Waals surface area contributed by atoms with Gasteiger partial charge in [0.1, 0.15) is 11.5 Å². The van der Waals surface area contributed by atoms with Gasteiger partial charge in [0.2, 0.25) is 0 Å². The molecule has 194 valence electrons. The molecule has 0 saturated heterocycles. The largest absolute Gasteiger partial charge is 0.369 e. The molecule has 0 saturated carbocycles. The fourth-order valence-corrected chi connectivity index (χ4v) is 4.30. The summed E-state index contributed by atoms with van der Waals surface area (Å²) in [6.07, 6.45) is 1.83. The van der Waals surface area contributed by atoms with Gasteiger partial charge < -0.3 is 15.1 Å². The Labute approximate surface area is 218 Å². The number of hydrogen-bond acceptors (Lipinski definition) is 7. The summed E-state index contributed by atoms with van der Waals surface area (Å²) < 4.78 is 1.94. The zero-order valence-electron chi connectivity index (χ0n) is 22.8. The highest BCUT2D eigenvalue weighted by molar-refractivity contribution is 6.05. The van der Waals surface area contributed by atoms with Gasteiger partial charge in [-0.3, -0.25) is 9.48 Å². The molecule has 0 unspecified atom stereocenters. The third-order valence-electron chi connectivity index (χ3n) is 6.39. The van der Waals surface area contributed by atoms with Crippen LogP contribution in [0.2, 0.25) is 0 Å². The highest BCUT2D eigenvalue weighted by Crippen LogP contribution is 2.26. The van der Waals surface area contributed by atoms with Crippen LogP contribution >= 0.6 is 0 Å². The lowest BCUT2D eigenvalue weighted by atomic mass is 10.1. The SMILES string of the molecule is CCn1ncc(CN(C)C(=O)c2nc(-c3cc(C)nc(NCCN(C)C)c3)nc3ccc(C)cc23)c1C. The van der Waals surface area contributed by atoms with Gasteiger partial charge in [0.05, 0.1) is 11.7 Å². The second-order valence-electron chi connectivity index (χ2n) is 9.76. The van der Waals surface area contributed by atoms with Crippen molar-refractivity contribution in [3.8, 4) is 11.4 Å². The van der Waals surface area contributed by atoms with Crippen LogP contribution < -0.4 is 5.32 Å². The molecule has 0 aliphatic carbocycles. The summed E-state index contributed by atoms with van der Waals surface area (Å²) in [4.78, 5) is 31.8. The van der Waals surface area contributed by atoms with E-state index in [1.807, 2.05) is 76.1 Å². The van der Waals surface area contributed by atoms with Gasteiger partial charge in [-0.25, -0.2) is 15.0 Å². The van der Waals surface area contributed by atoms with Crippen molar-refractivity contribution >= 4 is 22.6 Å². The summed E-state index contributed by atoms with van der Waals surface area (Å²) in [7, 11) is 5.88. The first-order valence-electron chi connectivity index (χ1n) is 12.6. The van der Waals surface area contributed by atoms with Crippen LogP contribution in [0.5, 0.6) is 0 Å². The first-order chi connectivity index (χ1) is 17.7. The fourth-order valence-electron chi connectivity index (χ4n) is 4.30. The molecule has 1 N–H and O–H groups in total. The maximum atomic E-state index is 13.8. The summed E-state index contributed by atoms with van der Waals surface area (Å²) in [6.45, 7) is 10.9. The standard InChI is InChI=1S/C28H36N8O/c1-8-36-20(4)22(16-30-36)17-35(7)28(37)26-23-13-18(2)9-10-24(23)32-27(33-26)21-14-19(3)31-25(15-21)29-11-12-34(5)6/h9-10,13-16H,8,11-12,17H2,1-7H3,(H,29,31).